The van der Waals surface area contributed by atoms with Gasteiger partial charge in [-0.2, -0.15) is 0 Å². The fourth-order valence-electron chi connectivity index (χ4n) is 3.43. The van der Waals surface area contributed by atoms with E-state index >= 15 is 0 Å². The molecule has 0 spiro atoms. The molecule has 1 unspecified atom stereocenters. The average Bonchev–Trinajstić information content (AvgIpc) is 2.99. The van der Waals surface area contributed by atoms with Crippen molar-refractivity contribution in [1.29, 1.82) is 0 Å². The van der Waals surface area contributed by atoms with Crippen molar-refractivity contribution < 1.29 is 19.6 Å². The maximum atomic E-state index is 12.8. The number of nitro groups is 1. The van der Waals surface area contributed by atoms with Gasteiger partial charge in [-0.1, -0.05) is 19.8 Å². The molecular weight excluding hydrogens is 374 g/mol. The summed E-state index contributed by atoms with van der Waals surface area (Å²) in [6, 6.07) is 7.88. The number of non-ortho nitro benzene ring substituents is 1. The first-order chi connectivity index (χ1) is 14.0. The van der Waals surface area contributed by atoms with Crippen LogP contribution in [0.4, 0.5) is 5.69 Å². The summed E-state index contributed by atoms with van der Waals surface area (Å²) in [4.78, 5) is 41.3. The molecule has 29 heavy (non-hydrogen) atoms. The van der Waals surface area contributed by atoms with E-state index in [1.807, 2.05) is 6.92 Å². The Labute approximate surface area is 167 Å². The van der Waals surface area contributed by atoms with Crippen LogP contribution in [-0.2, 0) is 9.59 Å². The Kier molecular flexibility index (Phi) is 6.01. The number of rotatable bonds is 7. The van der Waals surface area contributed by atoms with Gasteiger partial charge in [0, 0.05) is 36.6 Å². The largest absolute Gasteiger partial charge is 0.507 e. The molecule has 0 aliphatic carbocycles. The number of aliphatic hydroxyl groups is 1. The molecule has 1 fully saturated rings. The zero-order valence-electron chi connectivity index (χ0n) is 15.9. The van der Waals surface area contributed by atoms with Crippen LogP contribution < -0.4 is 0 Å². The van der Waals surface area contributed by atoms with Crippen molar-refractivity contribution in [3.05, 3.63) is 75.6 Å². The minimum absolute atomic E-state index is 0.0217. The number of hydrogen-bond acceptors (Lipinski definition) is 6. The summed E-state index contributed by atoms with van der Waals surface area (Å²) in [5, 5.41) is 21.7. The summed E-state index contributed by atoms with van der Waals surface area (Å²) in [6.07, 6.45) is 5.74. The van der Waals surface area contributed by atoms with E-state index in [9.17, 15) is 24.8 Å². The van der Waals surface area contributed by atoms with Gasteiger partial charge >= 0.3 is 0 Å². The Hall–Kier alpha value is -3.55. The minimum Gasteiger partial charge on any atom is -0.507 e. The number of amides is 1. The van der Waals surface area contributed by atoms with Crippen molar-refractivity contribution in [1.82, 2.24) is 9.88 Å². The zero-order chi connectivity index (χ0) is 21.0. The molecule has 1 saturated heterocycles. The third-order valence-electron chi connectivity index (χ3n) is 4.92. The van der Waals surface area contributed by atoms with Gasteiger partial charge in [0.25, 0.3) is 17.4 Å². The molecule has 8 heteroatoms. The Morgan fingerprint density at radius 1 is 1.14 bits per heavy atom. The van der Waals surface area contributed by atoms with Gasteiger partial charge in [-0.3, -0.25) is 24.7 Å². The lowest BCUT2D eigenvalue weighted by molar-refractivity contribution is -0.384. The van der Waals surface area contributed by atoms with Gasteiger partial charge in [0.05, 0.1) is 16.5 Å². The van der Waals surface area contributed by atoms with E-state index in [0.29, 0.717) is 12.1 Å². The van der Waals surface area contributed by atoms with Crippen LogP contribution in [0.5, 0.6) is 0 Å². The molecule has 1 N–H and O–H groups in total. The maximum absolute atomic E-state index is 12.8. The van der Waals surface area contributed by atoms with Crippen molar-refractivity contribution >= 4 is 23.1 Å². The molecule has 1 aromatic heterocycles. The number of likely N-dealkylation sites (tertiary alicyclic amines) is 1. The van der Waals surface area contributed by atoms with Gasteiger partial charge < -0.3 is 10.0 Å². The van der Waals surface area contributed by atoms with Crippen LogP contribution >= 0.6 is 0 Å². The van der Waals surface area contributed by atoms with Crippen molar-refractivity contribution in [2.45, 2.75) is 32.2 Å². The van der Waals surface area contributed by atoms with Crippen molar-refractivity contribution in [2.75, 3.05) is 6.54 Å². The summed E-state index contributed by atoms with van der Waals surface area (Å²) < 4.78 is 0. The van der Waals surface area contributed by atoms with Gasteiger partial charge in [-0.25, -0.2) is 0 Å². The van der Waals surface area contributed by atoms with Crippen LogP contribution in [0.25, 0.3) is 5.76 Å². The van der Waals surface area contributed by atoms with Crippen molar-refractivity contribution in [2.24, 2.45) is 0 Å². The number of aliphatic hydroxyl groups excluding tert-OH is 1. The highest BCUT2D eigenvalue weighted by molar-refractivity contribution is 6.46. The highest BCUT2D eigenvalue weighted by Gasteiger charge is 2.45. The zero-order valence-corrected chi connectivity index (χ0v) is 15.9. The van der Waals surface area contributed by atoms with Crippen LogP contribution in [0.15, 0.2) is 54.4 Å². The number of aromatic nitrogens is 1. The fraction of sp³-hybridized carbons (Fsp3) is 0.286. The van der Waals surface area contributed by atoms with E-state index in [4.69, 9.17) is 0 Å². The smallest absolute Gasteiger partial charge is 0.295 e. The number of carbonyl (C=O) groups excluding carboxylic acids is 2. The van der Waals surface area contributed by atoms with Crippen LogP contribution in [0.1, 0.15) is 43.4 Å². The fourth-order valence-corrected chi connectivity index (χ4v) is 3.43. The molecule has 0 bridgehead atoms. The predicted molar refractivity (Wildman–Crippen MR) is 106 cm³/mol. The van der Waals surface area contributed by atoms with Crippen LogP contribution in [0.2, 0.25) is 0 Å². The third kappa shape index (κ3) is 4.01. The lowest BCUT2D eigenvalue weighted by Gasteiger charge is -2.25. The van der Waals surface area contributed by atoms with Gasteiger partial charge in [0.1, 0.15) is 5.76 Å². The minimum atomic E-state index is -0.765. The number of hydrogen-bond donors (Lipinski definition) is 1. The second-order valence-corrected chi connectivity index (χ2v) is 6.78. The molecular formula is C21H21N3O5. The molecule has 8 nitrogen and oxygen atoms in total. The molecule has 1 atom stereocenters. The number of ketones is 1. The van der Waals surface area contributed by atoms with Crippen LogP contribution in [0, 0.1) is 10.1 Å². The second-order valence-electron chi connectivity index (χ2n) is 6.78. The highest BCUT2D eigenvalue weighted by atomic mass is 16.6. The number of nitro benzene ring substituents is 1. The molecule has 2 aromatic rings. The number of Topliss-reactive ketones (excluding diaryl/α,β-unsaturated/α-hetero) is 1. The number of unbranched alkanes of at least 4 members (excludes halogenated alkanes) is 2. The molecule has 1 aromatic carbocycles. The first-order valence-electron chi connectivity index (χ1n) is 9.38. The summed E-state index contributed by atoms with van der Waals surface area (Å²) in [6.45, 7) is 2.44. The van der Waals surface area contributed by atoms with E-state index in [2.05, 4.69) is 4.98 Å². The van der Waals surface area contributed by atoms with E-state index in [1.54, 1.807) is 24.5 Å². The van der Waals surface area contributed by atoms with Crippen molar-refractivity contribution in [3.8, 4) is 0 Å². The highest BCUT2D eigenvalue weighted by Crippen LogP contribution is 2.39. The first-order valence-corrected chi connectivity index (χ1v) is 9.38. The molecule has 0 radical (unpaired) electrons. The Bertz CT molecular complexity index is 954. The number of pyridine rings is 1. The molecule has 1 aliphatic rings. The number of benzene rings is 1. The van der Waals surface area contributed by atoms with Gasteiger partial charge in [0.15, 0.2) is 0 Å². The van der Waals surface area contributed by atoms with E-state index < -0.39 is 22.7 Å². The maximum Gasteiger partial charge on any atom is 0.295 e. The van der Waals surface area contributed by atoms with E-state index in [1.165, 1.54) is 29.2 Å². The molecule has 150 valence electrons. The normalized spacial score (nSPS) is 18.2. The summed E-state index contributed by atoms with van der Waals surface area (Å²) in [5.41, 5.74) is 0.749. The Morgan fingerprint density at radius 2 is 1.79 bits per heavy atom. The standard InChI is InChI=1S/C21H21N3O5/c1-2-3-4-13-23-18(14-9-11-22-12-10-14)17(20(26)21(23)27)19(25)15-5-7-16(8-6-15)24(28)29/h5-12,18,25H,2-4,13H2,1H3/b19-17-. The van der Waals surface area contributed by atoms with Crippen LogP contribution in [0.3, 0.4) is 0 Å². The van der Waals surface area contributed by atoms with Gasteiger partial charge in [0.2, 0.25) is 0 Å². The Balaban J connectivity index is 2.08. The Morgan fingerprint density at radius 3 is 2.38 bits per heavy atom. The van der Waals surface area contributed by atoms with Crippen LogP contribution in [-0.4, -0.2) is 38.1 Å². The lowest BCUT2D eigenvalue weighted by Crippen LogP contribution is -2.30. The molecule has 2 heterocycles. The van der Waals surface area contributed by atoms with E-state index in [-0.39, 0.29) is 22.6 Å². The topological polar surface area (TPSA) is 114 Å². The molecule has 0 saturated carbocycles. The van der Waals surface area contributed by atoms with E-state index in [0.717, 1.165) is 19.3 Å². The quantitative estimate of drug-likeness (QED) is 0.191. The molecule has 1 amide bonds. The van der Waals surface area contributed by atoms with Gasteiger partial charge in [-0.15, -0.1) is 0 Å². The second kappa shape index (κ2) is 8.64. The SMILES string of the molecule is CCCCCN1C(=O)C(=O)/C(=C(\O)c2ccc([N+](=O)[O-])cc2)C1c1ccncc1. The summed E-state index contributed by atoms with van der Waals surface area (Å²) in [7, 11) is 0. The van der Waals surface area contributed by atoms with Crippen molar-refractivity contribution in [3.63, 3.8) is 0 Å². The summed E-state index contributed by atoms with van der Waals surface area (Å²) in [5.74, 6) is -1.77. The third-order valence-corrected chi connectivity index (χ3v) is 4.92. The molecule has 1 aliphatic heterocycles. The molecule has 3 rings (SSSR count). The predicted octanol–water partition coefficient (Wildman–Crippen LogP) is 3.60. The summed E-state index contributed by atoms with van der Waals surface area (Å²) >= 11 is 0. The van der Waals surface area contributed by atoms with Gasteiger partial charge in [-0.05, 0) is 36.2 Å². The number of carbonyl (C=O) groups is 2. The average molecular weight is 395 g/mol. The number of nitrogens with zero attached hydrogens (tertiary/aromatic N) is 3. The lowest BCUT2D eigenvalue weighted by atomic mass is 9.96. The first kappa shape index (κ1) is 20.2. The monoisotopic (exact) mass is 395 g/mol.